The number of aliphatic imine (C=N–C) groups is 1. The minimum atomic E-state index is -2.57. The smallest absolute Gasteiger partial charge is 0.282 e. The minimum absolute atomic E-state index is 0.210. The number of nitrogens with one attached hydrogen (secondary N) is 1. The summed E-state index contributed by atoms with van der Waals surface area (Å²) in [6.07, 6.45) is 0.672. The molecule has 0 saturated carbocycles. The Bertz CT molecular complexity index is 1120. The average molecular weight is 440 g/mol. The summed E-state index contributed by atoms with van der Waals surface area (Å²) in [4.78, 5) is 6.38. The lowest BCUT2D eigenvalue weighted by Crippen LogP contribution is -2.56. The molecule has 2 heterocycles. The van der Waals surface area contributed by atoms with Crippen LogP contribution in [0.25, 0.3) is 0 Å². The molecule has 7 heteroatoms. The first kappa shape index (κ1) is 19.8. The molecule has 0 aromatic heterocycles. The standard InChI is InChI=1S/C24H20ClF2N3O/c25-18-3-8-21(9-4-18)31-20-6-1-16(2-7-20)13-28-23-12-17-11-19(5-10-22(17)29-23)30-14-24(26,27)15-30/h1-11H,12-15H2,(H,28,29). The van der Waals surface area contributed by atoms with Gasteiger partial charge in [-0.25, -0.2) is 8.78 Å². The molecular formula is C24H20ClF2N3O. The van der Waals surface area contributed by atoms with E-state index >= 15 is 0 Å². The highest BCUT2D eigenvalue weighted by Crippen LogP contribution is 2.35. The van der Waals surface area contributed by atoms with Gasteiger partial charge in [-0.3, -0.25) is 4.99 Å². The second kappa shape index (κ2) is 7.85. The first-order chi connectivity index (χ1) is 14.9. The van der Waals surface area contributed by atoms with E-state index in [1.54, 1.807) is 17.0 Å². The van der Waals surface area contributed by atoms with E-state index in [1.165, 1.54) is 0 Å². The zero-order valence-electron chi connectivity index (χ0n) is 16.6. The third kappa shape index (κ3) is 4.49. The lowest BCUT2D eigenvalue weighted by molar-refractivity contribution is -0.0262. The first-order valence-corrected chi connectivity index (χ1v) is 10.4. The molecule has 1 fully saturated rings. The van der Waals surface area contributed by atoms with Crippen LogP contribution < -0.4 is 15.0 Å². The molecule has 1 saturated heterocycles. The molecule has 0 spiro atoms. The van der Waals surface area contributed by atoms with Crippen molar-refractivity contribution in [1.29, 1.82) is 0 Å². The van der Waals surface area contributed by atoms with Crippen molar-refractivity contribution in [2.24, 2.45) is 4.99 Å². The SMILES string of the molecule is FC1(F)CN(c2ccc3c(c2)CC(=NCc2ccc(Oc4ccc(Cl)cc4)cc2)N3)C1. The summed E-state index contributed by atoms with van der Waals surface area (Å²) in [5, 5.41) is 3.99. The molecule has 0 aliphatic carbocycles. The molecule has 0 atom stereocenters. The molecule has 0 radical (unpaired) electrons. The number of anilines is 2. The third-order valence-electron chi connectivity index (χ3n) is 5.36. The predicted molar refractivity (Wildman–Crippen MR) is 120 cm³/mol. The fraction of sp³-hybridized carbons (Fsp3) is 0.208. The van der Waals surface area contributed by atoms with Gasteiger partial charge in [-0.1, -0.05) is 23.7 Å². The largest absolute Gasteiger partial charge is 0.457 e. The van der Waals surface area contributed by atoms with Gasteiger partial charge in [0.1, 0.15) is 17.3 Å². The second-order valence-electron chi connectivity index (χ2n) is 7.82. The molecule has 0 unspecified atom stereocenters. The molecule has 1 N–H and O–H groups in total. The highest BCUT2D eigenvalue weighted by atomic mass is 35.5. The monoisotopic (exact) mass is 439 g/mol. The maximum Gasteiger partial charge on any atom is 0.282 e. The summed E-state index contributed by atoms with van der Waals surface area (Å²) in [6, 6.07) is 20.8. The van der Waals surface area contributed by atoms with Crippen molar-refractivity contribution >= 4 is 28.8 Å². The van der Waals surface area contributed by atoms with Crippen LogP contribution in [0.15, 0.2) is 71.7 Å². The Labute approximate surface area is 184 Å². The van der Waals surface area contributed by atoms with Crippen molar-refractivity contribution < 1.29 is 13.5 Å². The summed E-state index contributed by atoms with van der Waals surface area (Å²) in [5.74, 6) is -0.220. The minimum Gasteiger partial charge on any atom is -0.457 e. The molecule has 3 aromatic rings. The van der Waals surface area contributed by atoms with Gasteiger partial charge < -0.3 is 15.0 Å². The Hall–Kier alpha value is -3.12. The number of benzene rings is 3. The maximum atomic E-state index is 13.1. The number of fused-ring (bicyclic) bond motifs is 1. The number of rotatable bonds is 5. The van der Waals surface area contributed by atoms with Crippen LogP contribution in [0.4, 0.5) is 20.2 Å². The van der Waals surface area contributed by atoms with Crippen molar-refractivity contribution in [3.63, 3.8) is 0 Å². The van der Waals surface area contributed by atoms with Crippen molar-refractivity contribution in [2.45, 2.75) is 18.9 Å². The normalized spacial score (nSPS) is 17.8. The molecule has 0 bridgehead atoms. The Kier molecular flexibility index (Phi) is 5.02. The van der Waals surface area contributed by atoms with Crippen molar-refractivity contribution in [2.75, 3.05) is 23.3 Å². The van der Waals surface area contributed by atoms with Gasteiger partial charge in [0, 0.05) is 22.8 Å². The fourth-order valence-electron chi connectivity index (χ4n) is 3.70. The second-order valence-corrected chi connectivity index (χ2v) is 8.25. The zero-order chi connectivity index (χ0) is 21.4. The number of amidine groups is 1. The predicted octanol–water partition coefficient (Wildman–Crippen LogP) is 6.15. The lowest BCUT2D eigenvalue weighted by Gasteiger charge is -2.40. The van der Waals surface area contributed by atoms with E-state index in [9.17, 15) is 8.78 Å². The zero-order valence-corrected chi connectivity index (χ0v) is 17.4. The van der Waals surface area contributed by atoms with Crippen LogP contribution in [0.5, 0.6) is 11.5 Å². The van der Waals surface area contributed by atoms with Crippen LogP contribution in [0.1, 0.15) is 11.1 Å². The fourth-order valence-corrected chi connectivity index (χ4v) is 3.83. The topological polar surface area (TPSA) is 36.9 Å². The molecule has 2 aliphatic rings. The Morgan fingerprint density at radius 2 is 1.65 bits per heavy atom. The number of nitrogens with zero attached hydrogens (tertiary/aromatic N) is 2. The van der Waals surface area contributed by atoms with Gasteiger partial charge in [0.2, 0.25) is 0 Å². The van der Waals surface area contributed by atoms with Crippen molar-refractivity contribution in [3.8, 4) is 11.5 Å². The summed E-state index contributed by atoms with van der Waals surface area (Å²) in [6.45, 7) is 0.124. The van der Waals surface area contributed by atoms with Crippen LogP contribution >= 0.6 is 11.6 Å². The maximum absolute atomic E-state index is 13.1. The summed E-state index contributed by atoms with van der Waals surface area (Å²) >= 11 is 5.89. The Morgan fingerprint density at radius 1 is 0.968 bits per heavy atom. The van der Waals surface area contributed by atoms with Crippen LogP contribution in [0.3, 0.4) is 0 Å². The third-order valence-corrected chi connectivity index (χ3v) is 5.61. The van der Waals surface area contributed by atoms with Crippen molar-refractivity contribution in [1.82, 2.24) is 0 Å². The van der Waals surface area contributed by atoms with Crippen LogP contribution in [-0.4, -0.2) is 24.8 Å². The molecule has 2 aliphatic heterocycles. The van der Waals surface area contributed by atoms with E-state index in [-0.39, 0.29) is 13.1 Å². The highest BCUT2D eigenvalue weighted by molar-refractivity contribution is 6.30. The van der Waals surface area contributed by atoms with E-state index in [0.29, 0.717) is 18.0 Å². The Balaban J connectivity index is 1.19. The average Bonchev–Trinajstić information content (AvgIpc) is 3.15. The summed E-state index contributed by atoms with van der Waals surface area (Å²) < 4.78 is 32.1. The molecule has 3 aromatic carbocycles. The van der Waals surface area contributed by atoms with Crippen molar-refractivity contribution in [3.05, 3.63) is 82.9 Å². The van der Waals surface area contributed by atoms with Gasteiger partial charge in [0.25, 0.3) is 5.92 Å². The number of ether oxygens (including phenoxy) is 1. The Morgan fingerprint density at radius 3 is 2.32 bits per heavy atom. The number of alkyl halides is 2. The molecule has 5 rings (SSSR count). The quantitative estimate of drug-likeness (QED) is 0.517. The first-order valence-electron chi connectivity index (χ1n) is 10.0. The van der Waals surface area contributed by atoms with Crippen LogP contribution in [0, 0.1) is 0 Å². The van der Waals surface area contributed by atoms with E-state index in [4.69, 9.17) is 16.3 Å². The molecule has 31 heavy (non-hydrogen) atoms. The van der Waals surface area contributed by atoms with E-state index in [0.717, 1.165) is 39.8 Å². The number of halogens is 3. The van der Waals surface area contributed by atoms with Gasteiger partial charge in [0.15, 0.2) is 0 Å². The molecule has 0 amide bonds. The molecule has 4 nitrogen and oxygen atoms in total. The number of hydrogen-bond acceptors (Lipinski definition) is 3. The van der Waals surface area contributed by atoms with E-state index < -0.39 is 5.92 Å². The van der Waals surface area contributed by atoms with Gasteiger partial charge in [-0.05, 0) is 65.7 Å². The molecule has 158 valence electrons. The lowest BCUT2D eigenvalue weighted by atomic mass is 10.1. The van der Waals surface area contributed by atoms with Gasteiger partial charge >= 0.3 is 0 Å². The van der Waals surface area contributed by atoms with Gasteiger partial charge in [0.05, 0.1) is 19.6 Å². The van der Waals surface area contributed by atoms with Gasteiger partial charge in [-0.15, -0.1) is 0 Å². The van der Waals surface area contributed by atoms with E-state index in [1.807, 2.05) is 54.6 Å². The van der Waals surface area contributed by atoms with Gasteiger partial charge in [-0.2, -0.15) is 0 Å². The van der Waals surface area contributed by atoms with Crippen LogP contribution in [-0.2, 0) is 13.0 Å². The summed E-state index contributed by atoms with van der Waals surface area (Å²) in [5.41, 5.74) is 3.97. The highest BCUT2D eigenvalue weighted by Gasteiger charge is 2.44. The molecular weight excluding hydrogens is 420 g/mol. The summed E-state index contributed by atoms with van der Waals surface area (Å²) in [7, 11) is 0. The van der Waals surface area contributed by atoms with Crippen LogP contribution in [0.2, 0.25) is 5.02 Å². The van der Waals surface area contributed by atoms with E-state index in [2.05, 4.69) is 10.3 Å². The number of hydrogen-bond donors (Lipinski definition) is 1.